The van der Waals surface area contributed by atoms with Gasteiger partial charge in [0.1, 0.15) is 5.41 Å². The molecule has 3 heteroatoms. The van der Waals surface area contributed by atoms with E-state index in [1.807, 2.05) is 36.9 Å². The summed E-state index contributed by atoms with van der Waals surface area (Å²) in [5, 5.41) is 9.43. The van der Waals surface area contributed by atoms with Crippen molar-refractivity contribution in [1.82, 2.24) is 0 Å². The normalized spacial score (nSPS) is 14.7. The predicted molar refractivity (Wildman–Crippen MR) is 75.7 cm³/mol. The number of rotatable bonds is 3. The molecule has 0 N–H and O–H groups in total. The SMILES string of the molecule is CCC(C#N)(CC)C(=O)N1CCCc2ccccc21. The summed E-state index contributed by atoms with van der Waals surface area (Å²) in [5.74, 6) is -0.0350. The Hall–Kier alpha value is -1.82. The molecular weight excluding hydrogens is 236 g/mol. The van der Waals surface area contributed by atoms with Crippen molar-refractivity contribution in [2.75, 3.05) is 11.4 Å². The monoisotopic (exact) mass is 256 g/mol. The zero-order valence-electron chi connectivity index (χ0n) is 11.6. The first-order valence-corrected chi connectivity index (χ1v) is 6.99. The molecule has 0 aliphatic carbocycles. The number of benzene rings is 1. The number of fused-ring (bicyclic) bond motifs is 1. The first-order chi connectivity index (χ1) is 9.18. The van der Waals surface area contributed by atoms with Gasteiger partial charge in [0, 0.05) is 12.2 Å². The second-order valence-electron chi connectivity index (χ2n) is 5.09. The highest BCUT2D eigenvalue weighted by molar-refractivity contribution is 6.00. The zero-order valence-corrected chi connectivity index (χ0v) is 11.6. The lowest BCUT2D eigenvalue weighted by Gasteiger charge is -2.35. The molecule has 1 amide bonds. The molecule has 1 aromatic carbocycles. The molecular formula is C16H20N2O. The summed E-state index contributed by atoms with van der Waals surface area (Å²) >= 11 is 0. The highest BCUT2D eigenvalue weighted by Gasteiger charge is 2.39. The predicted octanol–water partition coefficient (Wildman–Crippen LogP) is 3.30. The molecule has 1 aliphatic heterocycles. The Morgan fingerprint density at radius 3 is 2.68 bits per heavy atom. The lowest BCUT2D eigenvalue weighted by Crippen LogP contribution is -2.45. The molecule has 0 unspecified atom stereocenters. The van der Waals surface area contributed by atoms with Crippen molar-refractivity contribution in [3.8, 4) is 6.07 Å². The van der Waals surface area contributed by atoms with Gasteiger partial charge in [-0.15, -0.1) is 0 Å². The van der Waals surface area contributed by atoms with Gasteiger partial charge in [-0.25, -0.2) is 0 Å². The standard InChI is InChI=1S/C16H20N2O/c1-3-16(4-2,12-17)15(19)18-11-7-9-13-8-5-6-10-14(13)18/h5-6,8,10H,3-4,7,9,11H2,1-2H3. The molecule has 0 fully saturated rings. The van der Waals surface area contributed by atoms with Crippen LogP contribution < -0.4 is 4.90 Å². The molecule has 100 valence electrons. The Morgan fingerprint density at radius 1 is 1.37 bits per heavy atom. The van der Waals surface area contributed by atoms with E-state index in [0.29, 0.717) is 12.8 Å². The maximum absolute atomic E-state index is 12.8. The number of amides is 1. The van der Waals surface area contributed by atoms with Crippen LogP contribution in [0.4, 0.5) is 5.69 Å². The summed E-state index contributed by atoms with van der Waals surface area (Å²) in [4.78, 5) is 14.6. The van der Waals surface area contributed by atoms with E-state index in [4.69, 9.17) is 0 Å². The third kappa shape index (κ3) is 2.23. The van der Waals surface area contributed by atoms with Crippen LogP contribution >= 0.6 is 0 Å². The average molecular weight is 256 g/mol. The smallest absolute Gasteiger partial charge is 0.247 e. The second kappa shape index (κ2) is 5.44. The Balaban J connectivity index is 2.39. The number of anilines is 1. The summed E-state index contributed by atoms with van der Waals surface area (Å²) in [7, 11) is 0. The van der Waals surface area contributed by atoms with Crippen molar-refractivity contribution in [3.05, 3.63) is 29.8 Å². The van der Waals surface area contributed by atoms with E-state index >= 15 is 0 Å². The molecule has 19 heavy (non-hydrogen) atoms. The molecule has 1 aliphatic rings. The van der Waals surface area contributed by atoms with Crippen molar-refractivity contribution in [3.63, 3.8) is 0 Å². The van der Waals surface area contributed by atoms with Crippen LogP contribution in [0, 0.1) is 16.7 Å². The van der Waals surface area contributed by atoms with Crippen LogP contribution in [0.15, 0.2) is 24.3 Å². The van der Waals surface area contributed by atoms with E-state index in [1.165, 1.54) is 5.56 Å². The van der Waals surface area contributed by atoms with Gasteiger partial charge in [-0.3, -0.25) is 4.79 Å². The number of hydrogen-bond acceptors (Lipinski definition) is 2. The Kier molecular flexibility index (Phi) is 3.90. The maximum atomic E-state index is 12.8. The van der Waals surface area contributed by atoms with Gasteiger partial charge in [-0.1, -0.05) is 32.0 Å². The number of hydrogen-bond donors (Lipinski definition) is 0. The fraction of sp³-hybridized carbons (Fsp3) is 0.500. The van der Waals surface area contributed by atoms with Crippen LogP contribution in [0.5, 0.6) is 0 Å². The van der Waals surface area contributed by atoms with Crippen LogP contribution in [-0.4, -0.2) is 12.5 Å². The largest absolute Gasteiger partial charge is 0.311 e. The number of aryl methyl sites for hydroxylation is 1. The third-order valence-corrected chi connectivity index (χ3v) is 4.19. The number of carbonyl (C=O) groups is 1. The van der Waals surface area contributed by atoms with E-state index in [2.05, 4.69) is 12.1 Å². The summed E-state index contributed by atoms with van der Waals surface area (Å²) in [6.45, 7) is 4.56. The zero-order chi connectivity index (χ0) is 13.9. The minimum atomic E-state index is -0.871. The van der Waals surface area contributed by atoms with Crippen molar-refractivity contribution in [2.24, 2.45) is 5.41 Å². The molecule has 0 spiro atoms. The van der Waals surface area contributed by atoms with Crippen molar-refractivity contribution < 1.29 is 4.79 Å². The van der Waals surface area contributed by atoms with Crippen LogP contribution in [0.25, 0.3) is 0 Å². The summed E-state index contributed by atoms with van der Waals surface area (Å²) < 4.78 is 0. The number of para-hydroxylation sites is 1. The Bertz CT molecular complexity index is 512. The molecule has 1 aromatic rings. The van der Waals surface area contributed by atoms with Gasteiger partial charge < -0.3 is 4.90 Å². The summed E-state index contributed by atoms with van der Waals surface area (Å²) in [6.07, 6.45) is 3.12. The minimum absolute atomic E-state index is 0.0350. The first kappa shape index (κ1) is 13.6. The van der Waals surface area contributed by atoms with E-state index < -0.39 is 5.41 Å². The van der Waals surface area contributed by atoms with E-state index in [9.17, 15) is 10.1 Å². The van der Waals surface area contributed by atoms with Gasteiger partial charge in [-0.2, -0.15) is 5.26 Å². The van der Waals surface area contributed by atoms with Gasteiger partial charge in [0.25, 0.3) is 0 Å². The molecule has 0 atom stereocenters. The molecule has 2 rings (SSSR count). The van der Waals surface area contributed by atoms with Gasteiger partial charge in [-0.05, 0) is 37.3 Å². The fourth-order valence-electron chi connectivity index (χ4n) is 2.76. The van der Waals surface area contributed by atoms with Gasteiger partial charge in [0.15, 0.2) is 0 Å². The minimum Gasteiger partial charge on any atom is -0.311 e. The second-order valence-corrected chi connectivity index (χ2v) is 5.09. The van der Waals surface area contributed by atoms with Crippen LogP contribution in [-0.2, 0) is 11.2 Å². The van der Waals surface area contributed by atoms with Crippen LogP contribution in [0.1, 0.15) is 38.7 Å². The lowest BCUT2D eigenvalue weighted by molar-refractivity contribution is -0.125. The summed E-state index contributed by atoms with van der Waals surface area (Å²) in [5.41, 5.74) is 1.33. The maximum Gasteiger partial charge on any atom is 0.247 e. The molecule has 1 heterocycles. The number of nitriles is 1. The molecule has 0 radical (unpaired) electrons. The summed E-state index contributed by atoms with van der Waals surface area (Å²) in [6, 6.07) is 10.3. The van der Waals surface area contributed by atoms with Crippen molar-refractivity contribution >= 4 is 11.6 Å². The molecule has 0 aromatic heterocycles. The van der Waals surface area contributed by atoms with Gasteiger partial charge >= 0.3 is 0 Å². The van der Waals surface area contributed by atoms with Crippen LogP contribution in [0.2, 0.25) is 0 Å². The highest BCUT2D eigenvalue weighted by atomic mass is 16.2. The topological polar surface area (TPSA) is 44.1 Å². The van der Waals surface area contributed by atoms with Gasteiger partial charge in [0.05, 0.1) is 6.07 Å². The lowest BCUT2D eigenvalue weighted by atomic mass is 9.81. The molecule has 0 saturated carbocycles. The highest BCUT2D eigenvalue weighted by Crippen LogP contribution is 2.34. The van der Waals surface area contributed by atoms with Crippen LogP contribution in [0.3, 0.4) is 0 Å². The molecule has 0 saturated heterocycles. The quantitative estimate of drug-likeness (QED) is 0.833. The van der Waals surface area contributed by atoms with E-state index in [1.54, 1.807) is 0 Å². The Morgan fingerprint density at radius 2 is 2.05 bits per heavy atom. The number of nitrogens with zero attached hydrogens (tertiary/aromatic N) is 2. The number of carbonyl (C=O) groups excluding carboxylic acids is 1. The Labute approximate surface area is 114 Å². The fourth-order valence-corrected chi connectivity index (χ4v) is 2.76. The van der Waals surface area contributed by atoms with Crippen molar-refractivity contribution in [1.29, 1.82) is 5.26 Å². The average Bonchev–Trinajstić information content (AvgIpc) is 2.49. The third-order valence-electron chi connectivity index (χ3n) is 4.19. The molecule has 3 nitrogen and oxygen atoms in total. The first-order valence-electron chi connectivity index (χ1n) is 6.99. The van der Waals surface area contributed by atoms with E-state index in [-0.39, 0.29) is 5.91 Å². The van der Waals surface area contributed by atoms with Gasteiger partial charge in [0.2, 0.25) is 5.91 Å². The molecule has 0 bridgehead atoms. The van der Waals surface area contributed by atoms with E-state index in [0.717, 1.165) is 25.1 Å². The van der Waals surface area contributed by atoms with Crippen molar-refractivity contribution in [2.45, 2.75) is 39.5 Å².